The van der Waals surface area contributed by atoms with Crippen molar-refractivity contribution in [2.45, 2.75) is 20.3 Å². The van der Waals surface area contributed by atoms with Crippen molar-refractivity contribution in [2.75, 3.05) is 45.2 Å². The molecule has 1 aromatic heterocycles. The number of carbonyl (C=O) groups excluding carboxylic acids is 1. The van der Waals surface area contributed by atoms with Gasteiger partial charge in [-0.1, -0.05) is 0 Å². The highest BCUT2D eigenvalue weighted by Crippen LogP contribution is 2.27. The van der Waals surface area contributed by atoms with Gasteiger partial charge in [-0.25, -0.2) is 9.78 Å². The lowest BCUT2D eigenvalue weighted by atomic mass is 10.1. The van der Waals surface area contributed by atoms with Crippen LogP contribution in [0.1, 0.15) is 28.7 Å². The highest BCUT2D eigenvalue weighted by atomic mass is 32.1. The highest BCUT2D eigenvalue weighted by Gasteiger charge is 2.23. The fourth-order valence-corrected chi connectivity index (χ4v) is 3.44. The Balaban J connectivity index is 2.01. The first-order valence-corrected chi connectivity index (χ1v) is 7.87. The van der Waals surface area contributed by atoms with E-state index in [1.807, 2.05) is 20.9 Å². The summed E-state index contributed by atoms with van der Waals surface area (Å²) in [5.41, 5.74) is 0.460. The predicted octanol–water partition coefficient (Wildman–Crippen LogP) is 2.02. The standard InChI is InChI=1S/C14H23N3O2S/c1-5-19-13(18)12-10(2)20-14(15-12)17(4)9-11-6-7-16(3)8-11/h11H,5-9H2,1-4H3. The van der Waals surface area contributed by atoms with Crippen molar-refractivity contribution in [1.29, 1.82) is 0 Å². The summed E-state index contributed by atoms with van der Waals surface area (Å²) in [6, 6.07) is 0. The van der Waals surface area contributed by atoms with Crippen LogP contribution in [-0.4, -0.2) is 56.2 Å². The minimum Gasteiger partial charge on any atom is -0.461 e. The first-order valence-electron chi connectivity index (χ1n) is 7.05. The van der Waals surface area contributed by atoms with Gasteiger partial charge in [0.1, 0.15) is 0 Å². The van der Waals surface area contributed by atoms with Crippen LogP contribution >= 0.6 is 11.3 Å². The molecule has 1 unspecified atom stereocenters. The Bertz CT molecular complexity index is 475. The minimum atomic E-state index is -0.318. The van der Waals surface area contributed by atoms with Crippen LogP contribution in [0.3, 0.4) is 0 Å². The molecule has 20 heavy (non-hydrogen) atoms. The van der Waals surface area contributed by atoms with Gasteiger partial charge in [-0.2, -0.15) is 0 Å². The van der Waals surface area contributed by atoms with Crippen molar-refractivity contribution in [1.82, 2.24) is 9.88 Å². The molecule has 1 aromatic rings. The average Bonchev–Trinajstić information content (AvgIpc) is 2.96. The highest BCUT2D eigenvalue weighted by molar-refractivity contribution is 7.15. The van der Waals surface area contributed by atoms with Crippen LogP contribution in [0.15, 0.2) is 0 Å². The smallest absolute Gasteiger partial charge is 0.358 e. The maximum Gasteiger partial charge on any atom is 0.358 e. The summed E-state index contributed by atoms with van der Waals surface area (Å²) in [5, 5.41) is 0.903. The third-order valence-corrected chi connectivity index (χ3v) is 4.69. The van der Waals surface area contributed by atoms with E-state index in [2.05, 4.69) is 21.8 Å². The fourth-order valence-electron chi connectivity index (χ4n) is 2.58. The molecule has 0 N–H and O–H groups in total. The van der Waals surface area contributed by atoms with Crippen molar-refractivity contribution in [2.24, 2.45) is 5.92 Å². The van der Waals surface area contributed by atoms with Crippen LogP contribution in [0.4, 0.5) is 5.13 Å². The van der Waals surface area contributed by atoms with Crippen molar-refractivity contribution in [3.63, 3.8) is 0 Å². The normalized spacial score (nSPS) is 19.3. The number of thiazole rings is 1. The number of anilines is 1. The van der Waals surface area contributed by atoms with E-state index < -0.39 is 0 Å². The molecule has 1 aliphatic heterocycles. The van der Waals surface area contributed by atoms with Gasteiger partial charge in [-0.15, -0.1) is 11.3 Å². The molecule has 0 saturated carbocycles. The Hall–Kier alpha value is -1.14. The summed E-state index contributed by atoms with van der Waals surface area (Å²) in [7, 11) is 4.21. The molecule has 1 aliphatic rings. The first kappa shape index (κ1) is 15.3. The molecule has 2 heterocycles. The number of rotatable bonds is 5. The van der Waals surface area contributed by atoms with Gasteiger partial charge in [-0.3, -0.25) is 0 Å². The number of nitrogens with zero attached hydrogens (tertiary/aromatic N) is 3. The number of likely N-dealkylation sites (tertiary alicyclic amines) is 1. The molecule has 0 aliphatic carbocycles. The molecule has 0 radical (unpaired) electrons. The quantitative estimate of drug-likeness (QED) is 0.778. The number of carbonyl (C=O) groups is 1. The second-order valence-corrected chi connectivity index (χ2v) is 6.60. The van der Waals surface area contributed by atoms with Gasteiger partial charge in [0.05, 0.1) is 6.61 Å². The topological polar surface area (TPSA) is 45.7 Å². The number of aromatic nitrogens is 1. The van der Waals surface area contributed by atoms with Gasteiger partial charge in [-0.05, 0) is 39.8 Å². The average molecular weight is 297 g/mol. The summed E-state index contributed by atoms with van der Waals surface area (Å²) in [6.07, 6.45) is 1.23. The number of aryl methyl sites for hydroxylation is 1. The van der Waals surface area contributed by atoms with Crippen LogP contribution in [0.2, 0.25) is 0 Å². The summed E-state index contributed by atoms with van der Waals surface area (Å²) in [4.78, 5) is 21.7. The number of hydrogen-bond donors (Lipinski definition) is 0. The van der Waals surface area contributed by atoms with E-state index in [9.17, 15) is 4.79 Å². The first-order chi connectivity index (χ1) is 9.51. The van der Waals surface area contributed by atoms with Gasteiger partial charge in [0, 0.05) is 25.0 Å². The summed E-state index contributed by atoms with van der Waals surface area (Å²) in [5.74, 6) is 0.363. The second-order valence-electron chi connectivity index (χ2n) is 5.42. The lowest BCUT2D eigenvalue weighted by Crippen LogP contribution is -2.27. The van der Waals surface area contributed by atoms with E-state index in [0.717, 1.165) is 23.1 Å². The van der Waals surface area contributed by atoms with E-state index in [0.29, 0.717) is 18.2 Å². The molecule has 1 atom stereocenters. The van der Waals surface area contributed by atoms with Crippen molar-refractivity contribution < 1.29 is 9.53 Å². The number of esters is 1. The molecule has 0 amide bonds. The molecule has 1 fully saturated rings. The molecular weight excluding hydrogens is 274 g/mol. The van der Waals surface area contributed by atoms with Gasteiger partial charge < -0.3 is 14.5 Å². The molecule has 0 bridgehead atoms. The second kappa shape index (κ2) is 6.54. The zero-order valence-corrected chi connectivity index (χ0v) is 13.5. The summed E-state index contributed by atoms with van der Waals surface area (Å²) < 4.78 is 5.03. The van der Waals surface area contributed by atoms with Crippen molar-refractivity contribution in [3.8, 4) is 0 Å². The number of hydrogen-bond acceptors (Lipinski definition) is 6. The zero-order valence-electron chi connectivity index (χ0n) is 12.7. The van der Waals surface area contributed by atoms with Gasteiger partial charge >= 0.3 is 5.97 Å². The lowest BCUT2D eigenvalue weighted by molar-refractivity contribution is 0.0519. The number of ether oxygens (including phenoxy) is 1. The molecule has 2 rings (SSSR count). The third-order valence-electron chi connectivity index (χ3n) is 3.60. The largest absolute Gasteiger partial charge is 0.461 e. The Morgan fingerprint density at radius 2 is 2.35 bits per heavy atom. The Morgan fingerprint density at radius 1 is 1.60 bits per heavy atom. The van der Waals surface area contributed by atoms with Gasteiger partial charge in [0.2, 0.25) is 0 Å². The summed E-state index contributed by atoms with van der Waals surface area (Å²) in [6.45, 7) is 7.41. The third kappa shape index (κ3) is 3.49. The SMILES string of the molecule is CCOC(=O)c1nc(N(C)CC2CCN(C)C2)sc1C. The lowest BCUT2D eigenvalue weighted by Gasteiger charge is -2.20. The predicted molar refractivity (Wildman–Crippen MR) is 81.7 cm³/mol. The van der Waals surface area contributed by atoms with Crippen LogP contribution in [0.5, 0.6) is 0 Å². The van der Waals surface area contributed by atoms with Crippen LogP contribution in [0, 0.1) is 12.8 Å². The van der Waals surface area contributed by atoms with Crippen molar-refractivity contribution in [3.05, 3.63) is 10.6 Å². The molecule has 6 heteroatoms. The Kier molecular flexibility index (Phi) is 4.99. The molecule has 0 spiro atoms. The minimum absolute atomic E-state index is 0.318. The Morgan fingerprint density at radius 3 is 2.95 bits per heavy atom. The zero-order chi connectivity index (χ0) is 14.7. The fraction of sp³-hybridized carbons (Fsp3) is 0.714. The van der Waals surface area contributed by atoms with Crippen LogP contribution < -0.4 is 4.90 Å². The Labute approximate surface area is 124 Å². The molecular formula is C14H23N3O2S. The molecule has 0 aromatic carbocycles. The van der Waals surface area contributed by atoms with E-state index >= 15 is 0 Å². The summed E-state index contributed by atoms with van der Waals surface area (Å²) >= 11 is 1.56. The maximum absolute atomic E-state index is 11.8. The van der Waals surface area contributed by atoms with Crippen molar-refractivity contribution >= 4 is 22.4 Å². The maximum atomic E-state index is 11.8. The molecule has 112 valence electrons. The van der Waals surface area contributed by atoms with Crippen LogP contribution in [0.25, 0.3) is 0 Å². The van der Waals surface area contributed by atoms with E-state index in [1.165, 1.54) is 13.0 Å². The van der Waals surface area contributed by atoms with Gasteiger partial charge in [0.15, 0.2) is 10.8 Å². The van der Waals surface area contributed by atoms with Crippen LogP contribution in [-0.2, 0) is 4.74 Å². The van der Waals surface area contributed by atoms with E-state index in [-0.39, 0.29) is 5.97 Å². The molecule has 5 nitrogen and oxygen atoms in total. The van der Waals surface area contributed by atoms with E-state index in [4.69, 9.17) is 4.74 Å². The monoisotopic (exact) mass is 297 g/mol. The van der Waals surface area contributed by atoms with E-state index in [1.54, 1.807) is 11.3 Å². The molecule has 1 saturated heterocycles. The van der Waals surface area contributed by atoms with Gasteiger partial charge in [0.25, 0.3) is 0 Å².